The summed E-state index contributed by atoms with van der Waals surface area (Å²) < 4.78 is 11.4. The molecule has 0 spiro atoms. The van der Waals surface area contributed by atoms with Gasteiger partial charge in [0.2, 0.25) is 0 Å². The van der Waals surface area contributed by atoms with E-state index in [0.29, 0.717) is 12.2 Å². The van der Waals surface area contributed by atoms with Crippen molar-refractivity contribution >= 4 is 0 Å². The maximum Gasteiger partial charge on any atom is 0.163 e. The number of fused-ring (bicyclic) bond motifs is 2. The lowest BCUT2D eigenvalue weighted by molar-refractivity contribution is -0.310. The minimum atomic E-state index is -0.325. The highest BCUT2D eigenvalue weighted by atomic mass is 16.7. The van der Waals surface area contributed by atoms with Gasteiger partial charge >= 0.3 is 0 Å². The summed E-state index contributed by atoms with van der Waals surface area (Å²) in [7, 11) is 0. The first-order chi connectivity index (χ1) is 5.16. The number of ether oxygens (including phenoxy) is 2. The molecule has 2 nitrogen and oxygen atoms in total. The molecule has 2 aliphatic rings. The first-order valence-electron chi connectivity index (χ1n) is 4.51. The second kappa shape index (κ2) is 2.46. The summed E-state index contributed by atoms with van der Waals surface area (Å²) in [4.78, 5) is 0. The van der Waals surface area contributed by atoms with E-state index in [9.17, 15) is 0 Å². The highest BCUT2D eigenvalue weighted by Gasteiger charge is 2.37. The average molecular weight is 156 g/mol. The molecular formula is C9H16O2. The lowest BCUT2D eigenvalue weighted by Gasteiger charge is -2.43. The van der Waals surface area contributed by atoms with Crippen LogP contribution in [-0.4, -0.2) is 18.0 Å². The Hall–Kier alpha value is -0.0800. The number of hydrogen-bond acceptors (Lipinski definition) is 2. The molecule has 2 rings (SSSR count). The van der Waals surface area contributed by atoms with Crippen LogP contribution in [0.5, 0.6) is 0 Å². The largest absolute Gasteiger partial charge is 0.347 e. The lowest BCUT2D eigenvalue weighted by Crippen LogP contribution is -2.46. The van der Waals surface area contributed by atoms with Crippen molar-refractivity contribution in [3.63, 3.8) is 0 Å². The lowest BCUT2D eigenvalue weighted by atomic mass is 9.93. The van der Waals surface area contributed by atoms with Crippen molar-refractivity contribution in [2.75, 3.05) is 0 Å². The van der Waals surface area contributed by atoms with Crippen molar-refractivity contribution in [1.82, 2.24) is 0 Å². The molecule has 2 unspecified atom stereocenters. The number of hydrogen-bond donors (Lipinski definition) is 0. The Morgan fingerprint density at radius 2 is 1.64 bits per heavy atom. The molecule has 2 heteroatoms. The van der Waals surface area contributed by atoms with Crippen LogP contribution in [0.25, 0.3) is 0 Å². The predicted molar refractivity (Wildman–Crippen MR) is 42.3 cm³/mol. The van der Waals surface area contributed by atoms with Gasteiger partial charge in [0.25, 0.3) is 0 Å². The first-order valence-corrected chi connectivity index (χ1v) is 4.51. The monoisotopic (exact) mass is 156 g/mol. The molecule has 0 radical (unpaired) electrons. The predicted octanol–water partition coefficient (Wildman–Crippen LogP) is 2.08. The molecule has 11 heavy (non-hydrogen) atoms. The minimum Gasteiger partial charge on any atom is -0.347 e. The zero-order chi connectivity index (χ0) is 7.90. The Kier molecular flexibility index (Phi) is 1.69. The molecule has 0 aromatic heterocycles. The van der Waals surface area contributed by atoms with Crippen molar-refractivity contribution in [2.45, 2.75) is 57.5 Å². The van der Waals surface area contributed by atoms with Crippen LogP contribution < -0.4 is 0 Å². The van der Waals surface area contributed by atoms with Gasteiger partial charge in [-0.05, 0) is 33.1 Å². The maximum absolute atomic E-state index is 5.72. The van der Waals surface area contributed by atoms with Crippen molar-refractivity contribution in [3.05, 3.63) is 0 Å². The highest BCUT2D eigenvalue weighted by molar-refractivity contribution is 4.80. The summed E-state index contributed by atoms with van der Waals surface area (Å²) in [5, 5.41) is 0. The van der Waals surface area contributed by atoms with Gasteiger partial charge in [-0.2, -0.15) is 0 Å². The molecule has 1 saturated carbocycles. The van der Waals surface area contributed by atoms with Gasteiger partial charge < -0.3 is 9.47 Å². The third kappa shape index (κ3) is 1.57. The molecule has 2 atom stereocenters. The van der Waals surface area contributed by atoms with E-state index >= 15 is 0 Å². The quantitative estimate of drug-likeness (QED) is 0.534. The van der Waals surface area contributed by atoms with Crippen LogP contribution in [0, 0.1) is 0 Å². The number of rotatable bonds is 0. The highest BCUT2D eigenvalue weighted by Crippen LogP contribution is 2.34. The Morgan fingerprint density at radius 1 is 1.09 bits per heavy atom. The fourth-order valence-corrected chi connectivity index (χ4v) is 2.15. The van der Waals surface area contributed by atoms with Gasteiger partial charge in [-0.15, -0.1) is 0 Å². The van der Waals surface area contributed by atoms with Gasteiger partial charge in [-0.3, -0.25) is 0 Å². The van der Waals surface area contributed by atoms with Crippen molar-refractivity contribution < 1.29 is 9.47 Å². The summed E-state index contributed by atoms with van der Waals surface area (Å²) in [6, 6.07) is 0. The van der Waals surface area contributed by atoms with Gasteiger partial charge in [-0.25, -0.2) is 0 Å². The summed E-state index contributed by atoms with van der Waals surface area (Å²) in [6.45, 7) is 4.02. The third-order valence-corrected chi connectivity index (χ3v) is 2.48. The van der Waals surface area contributed by atoms with Crippen LogP contribution in [-0.2, 0) is 9.47 Å². The van der Waals surface area contributed by atoms with Crippen molar-refractivity contribution in [2.24, 2.45) is 0 Å². The maximum atomic E-state index is 5.72. The molecular weight excluding hydrogens is 140 g/mol. The minimum absolute atomic E-state index is 0.325. The van der Waals surface area contributed by atoms with Crippen molar-refractivity contribution in [3.8, 4) is 0 Å². The van der Waals surface area contributed by atoms with E-state index in [-0.39, 0.29) is 5.79 Å². The summed E-state index contributed by atoms with van der Waals surface area (Å²) in [5.41, 5.74) is 0. The molecule has 2 bridgehead atoms. The third-order valence-electron chi connectivity index (χ3n) is 2.48. The Morgan fingerprint density at radius 3 is 2.18 bits per heavy atom. The zero-order valence-electron chi connectivity index (χ0n) is 7.30. The Bertz CT molecular complexity index is 140. The van der Waals surface area contributed by atoms with Gasteiger partial charge in [0.05, 0.1) is 12.2 Å². The Labute approximate surface area is 67.9 Å². The van der Waals surface area contributed by atoms with Crippen LogP contribution in [0.15, 0.2) is 0 Å². The molecule has 64 valence electrons. The summed E-state index contributed by atoms with van der Waals surface area (Å²) in [5.74, 6) is -0.325. The molecule has 0 aromatic carbocycles. The van der Waals surface area contributed by atoms with Crippen LogP contribution in [0.1, 0.15) is 39.5 Å². The second-order valence-electron chi connectivity index (χ2n) is 4.05. The fraction of sp³-hybridized carbons (Fsp3) is 1.00. The SMILES string of the molecule is CC1(C)OC2CCCC(C2)O1. The second-order valence-corrected chi connectivity index (χ2v) is 4.05. The van der Waals surface area contributed by atoms with Crippen LogP contribution >= 0.6 is 0 Å². The van der Waals surface area contributed by atoms with Gasteiger partial charge in [0.15, 0.2) is 5.79 Å². The average Bonchev–Trinajstić information content (AvgIpc) is 1.82. The van der Waals surface area contributed by atoms with E-state index in [1.54, 1.807) is 0 Å². The van der Waals surface area contributed by atoms with Crippen LogP contribution in [0.4, 0.5) is 0 Å². The van der Waals surface area contributed by atoms with Crippen LogP contribution in [0.2, 0.25) is 0 Å². The molecule has 1 heterocycles. The molecule has 2 fully saturated rings. The van der Waals surface area contributed by atoms with E-state index in [1.165, 1.54) is 19.3 Å². The van der Waals surface area contributed by atoms with Gasteiger partial charge in [0, 0.05) is 6.42 Å². The molecule has 1 saturated heterocycles. The normalized spacial score (nSPS) is 42.0. The van der Waals surface area contributed by atoms with E-state index in [2.05, 4.69) is 0 Å². The molecule has 0 aromatic rings. The van der Waals surface area contributed by atoms with Crippen LogP contribution in [0.3, 0.4) is 0 Å². The van der Waals surface area contributed by atoms with E-state index < -0.39 is 0 Å². The van der Waals surface area contributed by atoms with Crippen molar-refractivity contribution in [1.29, 1.82) is 0 Å². The zero-order valence-corrected chi connectivity index (χ0v) is 7.30. The smallest absolute Gasteiger partial charge is 0.163 e. The van der Waals surface area contributed by atoms with E-state index in [4.69, 9.17) is 9.47 Å². The summed E-state index contributed by atoms with van der Waals surface area (Å²) in [6.07, 6.45) is 5.77. The molecule has 1 aliphatic heterocycles. The fourth-order valence-electron chi connectivity index (χ4n) is 2.15. The van der Waals surface area contributed by atoms with E-state index in [0.717, 1.165) is 6.42 Å². The Balaban J connectivity index is 2.05. The molecule has 1 aliphatic carbocycles. The van der Waals surface area contributed by atoms with Gasteiger partial charge in [0.1, 0.15) is 0 Å². The van der Waals surface area contributed by atoms with E-state index in [1.807, 2.05) is 13.8 Å². The molecule has 0 amide bonds. The first kappa shape index (κ1) is 7.56. The topological polar surface area (TPSA) is 18.5 Å². The molecule has 0 N–H and O–H groups in total. The standard InChI is InChI=1S/C9H16O2/c1-9(2)10-7-4-3-5-8(6-7)11-9/h7-8H,3-6H2,1-2H3. The van der Waals surface area contributed by atoms with Gasteiger partial charge in [-0.1, -0.05) is 0 Å². The summed E-state index contributed by atoms with van der Waals surface area (Å²) >= 11 is 0.